The summed E-state index contributed by atoms with van der Waals surface area (Å²) in [6.07, 6.45) is 0.257. The van der Waals surface area contributed by atoms with Gasteiger partial charge in [-0.15, -0.1) is 0 Å². The molecule has 0 aliphatic heterocycles. The lowest BCUT2D eigenvalue weighted by molar-refractivity contribution is -0.309. The Balaban J connectivity index is 2.98. The van der Waals surface area contributed by atoms with Crippen molar-refractivity contribution in [3.63, 3.8) is 0 Å². The molecule has 0 aliphatic carbocycles. The van der Waals surface area contributed by atoms with E-state index in [1.165, 1.54) is 0 Å². The highest BCUT2D eigenvalue weighted by Gasteiger charge is 2.19. The molecule has 1 unspecified atom stereocenters. The maximum Gasteiger partial charge on any atom is 0.171 e. The van der Waals surface area contributed by atoms with Crippen LogP contribution in [0.25, 0.3) is 0 Å². The fourth-order valence-corrected chi connectivity index (χ4v) is 1.85. The van der Waals surface area contributed by atoms with Gasteiger partial charge in [0.2, 0.25) is 0 Å². The number of carbonyl (C=O) groups is 2. The van der Waals surface area contributed by atoms with Crippen LogP contribution in [0, 0.1) is 9.49 Å². The molecule has 0 radical (unpaired) electrons. The van der Waals surface area contributed by atoms with Crippen LogP contribution in [-0.2, 0) is 4.79 Å². The molecule has 0 saturated heterocycles. The molecule has 0 N–H and O–H groups in total. The van der Waals surface area contributed by atoms with Gasteiger partial charge in [-0.1, -0.05) is 19.1 Å². The van der Waals surface area contributed by atoms with Gasteiger partial charge >= 0.3 is 0 Å². The standard InChI is InChI=1S/C11H11IO3/c1-2-9(11(14)15)10(13)7-4-3-5-8(12)6-7/h3-6,9H,2H2,1H3,(H,14,15)/p-1. The topological polar surface area (TPSA) is 57.2 Å². The smallest absolute Gasteiger partial charge is 0.171 e. The summed E-state index contributed by atoms with van der Waals surface area (Å²) in [6.45, 7) is 1.66. The van der Waals surface area contributed by atoms with Crippen molar-refractivity contribution in [1.82, 2.24) is 0 Å². The summed E-state index contributed by atoms with van der Waals surface area (Å²) in [5.74, 6) is -2.72. The zero-order chi connectivity index (χ0) is 11.4. The minimum Gasteiger partial charge on any atom is -0.549 e. The first-order valence-corrected chi connectivity index (χ1v) is 5.64. The SMILES string of the molecule is CCC(C(=O)[O-])C(=O)c1cccc(I)c1. The number of rotatable bonds is 4. The number of carboxylic acids is 1. The second-order valence-electron chi connectivity index (χ2n) is 3.15. The largest absolute Gasteiger partial charge is 0.549 e. The van der Waals surface area contributed by atoms with E-state index in [2.05, 4.69) is 22.6 Å². The molecule has 0 amide bonds. The van der Waals surface area contributed by atoms with Gasteiger partial charge in [-0.3, -0.25) is 4.79 Å². The molecule has 3 nitrogen and oxygen atoms in total. The summed E-state index contributed by atoms with van der Waals surface area (Å²) in [7, 11) is 0. The van der Waals surface area contributed by atoms with Crippen LogP contribution in [0.1, 0.15) is 23.7 Å². The van der Waals surface area contributed by atoms with E-state index < -0.39 is 11.9 Å². The molecule has 0 aliphatic rings. The minimum absolute atomic E-state index is 0.257. The molecule has 0 fully saturated rings. The van der Waals surface area contributed by atoms with Crippen LogP contribution >= 0.6 is 22.6 Å². The number of Topliss-reactive ketones (excluding diaryl/α,β-unsaturated/α-hetero) is 1. The van der Waals surface area contributed by atoms with Gasteiger partial charge in [0.1, 0.15) is 0 Å². The van der Waals surface area contributed by atoms with Crippen molar-refractivity contribution in [2.45, 2.75) is 13.3 Å². The van der Waals surface area contributed by atoms with Crippen LogP contribution in [0.4, 0.5) is 0 Å². The maximum atomic E-state index is 11.7. The van der Waals surface area contributed by atoms with Gasteiger partial charge in [0.15, 0.2) is 5.78 Å². The van der Waals surface area contributed by atoms with E-state index in [0.29, 0.717) is 5.56 Å². The number of carbonyl (C=O) groups excluding carboxylic acids is 2. The number of ketones is 1. The first kappa shape index (κ1) is 12.2. The van der Waals surface area contributed by atoms with Gasteiger partial charge in [0.05, 0.1) is 11.9 Å². The average molecular weight is 317 g/mol. The molecule has 0 saturated carbocycles. The normalized spacial score (nSPS) is 12.1. The molecule has 0 aromatic heterocycles. The fourth-order valence-electron chi connectivity index (χ4n) is 1.30. The van der Waals surface area contributed by atoms with E-state index in [4.69, 9.17) is 0 Å². The van der Waals surface area contributed by atoms with E-state index >= 15 is 0 Å². The number of benzene rings is 1. The van der Waals surface area contributed by atoms with Gasteiger partial charge in [-0.05, 0) is 41.1 Å². The zero-order valence-electron chi connectivity index (χ0n) is 8.20. The number of hydrogen-bond donors (Lipinski definition) is 0. The Bertz CT molecular complexity index is 387. The summed E-state index contributed by atoms with van der Waals surface area (Å²) in [6, 6.07) is 6.87. The summed E-state index contributed by atoms with van der Waals surface area (Å²) in [5.41, 5.74) is 0.429. The Kier molecular flexibility index (Phi) is 4.26. The third-order valence-electron chi connectivity index (χ3n) is 2.12. The van der Waals surface area contributed by atoms with Crippen molar-refractivity contribution in [2.75, 3.05) is 0 Å². The molecule has 1 atom stereocenters. The molecular formula is C11H10IO3-. The molecule has 1 aromatic rings. The van der Waals surface area contributed by atoms with Crippen molar-refractivity contribution in [3.05, 3.63) is 33.4 Å². The lowest BCUT2D eigenvalue weighted by Gasteiger charge is -2.14. The Morgan fingerprint density at radius 2 is 2.13 bits per heavy atom. The van der Waals surface area contributed by atoms with Gasteiger partial charge in [0.25, 0.3) is 0 Å². The number of halogens is 1. The summed E-state index contributed by atoms with van der Waals surface area (Å²) in [4.78, 5) is 22.4. The zero-order valence-corrected chi connectivity index (χ0v) is 10.4. The predicted molar refractivity (Wildman–Crippen MR) is 62.3 cm³/mol. The van der Waals surface area contributed by atoms with E-state index in [1.54, 1.807) is 25.1 Å². The highest BCUT2D eigenvalue weighted by Crippen LogP contribution is 2.14. The van der Waals surface area contributed by atoms with Crippen molar-refractivity contribution >= 4 is 34.3 Å². The first-order chi connectivity index (χ1) is 7.06. The average Bonchev–Trinajstić information content (AvgIpc) is 2.18. The van der Waals surface area contributed by atoms with Crippen molar-refractivity contribution in [1.29, 1.82) is 0 Å². The molecule has 80 valence electrons. The van der Waals surface area contributed by atoms with Crippen molar-refractivity contribution < 1.29 is 14.7 Å². The molecule has 1 aromatic carbocycles. The van der Waals surface area contributed by atoms with E-state index in [-0.39, 0.29) is 12.2 Å². The van der Waals surface area contributed by atoms with Crippen LogP contribution in [0.15, 0.2) is 24.3 Å². The molecule has 0 heterocycles. The van der Waals surface area contributed by atoms with Crippen LogP contribution in [0.3, 0.4) is 0 Å². The van der Waals surface area contributed by atoms with Gasteiger partial charge in [-0.25, -0.2) is 0 Å². The molecular weight excluding hydrogens is 307 g/mol. The number of carboxylic acid groups (broad SMARTS) is 1. The van der Waals surface area contributed by atoms with Crippen molar-refractivity contribution in [2.24, 2.45) is 5.92 Å². The van der Waals surface area contributed by atoms with Gasteiger partial charge in [-0.2, -0.15) is 0 Å². The van der Waals surface area contributed by atoms with Crippen LogP contribution < -0.4 is 5.11 Å². The molecule has 0 spiro atoms. The number of aliphatic carboxylic acids is 1. The first-order valence-electron chi connectivity index (χ1n) is 4.57. The van der Waals surface area contributed by atoms with Crippen LogP contribution in [0.2, 0.25) is 0 Å². The lowest BCUT2D eigenvalue weighted by Crippen LogP contribution is -2.36. The Labute approximate surface area is 102 Å². The Hall–Kier alpha value is -0.910. The second-order valence-corrected chi connectivity index (χ2v) is 4.40. The Morgan fingerprint density at radius 3 is 2.60 bits per heavy atom. The quantitative estimate of drug-likeness (QED) is 0.477. The fraction of sp³-hybridized carbons (Fsp3) is 0.273. The molecule has 15 heavy (non-hydrogen) atoms. The highest BCUT2D eigenvalue weighted by atomic mass is 127. The molecule has 0 bridgehead atoms. The van der Waals surface area contributed by atoms with Crippen LogP contribution in [-0.4, -0.2) is 11.8 Å². The van der Waals surface area contributed by atoms with Gasteiger partial charge in [0, 0.05) is 9.13 Å². The van der Waals surface area contributed by atoms with Crippen molar-refractivity contribution in [3.8, 4) is 0 Å². The van der Waals surface area contributed by atoms with E-state index in [0.717, 1.165) is 3.57 Å². The van der Waals surface area contributed by atoms with E-state index in [1.807, 2.05) is 6.07 Å². The monoisotopic (exact) mass is 317 g/mol. The predicted octanol–water partition coefficient (Wildman–Crippen LogP) is 1.25. The summed E-state index contributed by atoms with van der Waals surface area (Å²) < 4.78 is 0.909. The summed E-state index contributed by atoms with van der Waals surface area (Å²) in [5, 5.41) is 10.7. The summed E-state index contributed by atoms with van der Waals surface area (Å²) >= 11 is 2.08. The van der Waals surface area contributed by atoms with Gasteiger partial charge < -0.3 is 9.90 Å². The van der Waals surface area contributed by atoms with Crippen LogP contribution in [0.5, 0.6) is 0 Å². The Morgan fingerprint density at radius 1 is 1.47 bits per heavy atom. The molecule has 1 rings (SSSR count). The minimum atomic E-state index is -1.30. The third-order valence-corrected chi connectivity index (χ3v) is 2.79. The number of hydrogen-bond acceptors (Lipinski definition) is 3. The van der Waals surface area contributed by atoms with E-state index in [9.17, 15) is 14.7 Å². The second kappa shape index (κ2) is 5.25. The lowest BCUT2D eigenvalue weighted by atomic mass is 9.95. The maximum absolute atomic E-state index is 11.7. The third kappa shape index (κ3) is 3.02. The molecule has 4 heteroatoms. The highest BCUT2D eigenvalue weighted by molar-refractivity contribution is 14.1.